The van der Waals surface area contributed by atoms with Gasteiger partial charge in [-0.2, -0.15) is 0 Å². The molecule has 10 atom stereocenters. The first-order chi connectivity index (χ1) is 54.9. The highest BCUT2D eigenvalue weighted by atomic mass is 33.1. The van der Waals surface area contributed by atoms with Crippen molar-refractivity contribution in [2.75, 3.05) is 51.8 Å². The van der Waals surface area contributed by atoms with Gasteiger partial charge in [-0.05, 0) is 66.5 Å². The number of carbonyl (C=O) groups is 12. The number of carbonyl (C=O) groups excluding carboxylic acids is 12. The lowest BCUT2D eigenvalue weighted by molar-refractivity contribution is -0.140. The molecule has 2 fully saturated rings. The molecule has 35 heteroatoms. The number of nitrogens with zero attached hydrogens (tertiary/aromatic N) is 4. The number of Topliss-reactive ketones (excluding diaryl/α,β-unsaturated/α-hetero) is 3. The third-order valence-electron chi connectivity index (χ3n) is 19.9. The Bertz CT molecular complexity index is 4400. The van der Waals surface area contributed by atoms with Crippen molar-refractivity contribution in [3.63, 3.8) is 0 Å². The Morgan fingerprint density at radius 3 is 1.48 bits per heavy atom. The number of nitrogens with one attached hydrogen (secondary N) is 15. The van der Waals surface area contributed by atoms with Crippen LogP contribution in [0.15, 0.2) is 147 Å². The van der Waals surface area contributed by atoms with Crippen molar-refractivity contribution in [3.8, 4) is 0 Å². The van der Waals surface area contributed by atoms with E-state index in [0.29, 0.717) is 44.5 Å². The lowest BCUT2D eigenvalue weighted by Gasteiger charge is -2.28. The summed E-state index contributed by atoms with van der Waals surface area (Å²) in [7, 11) is 4.72. The van der Waals surface area contributed by atoms with Crippen molar-refractivity contribution in [3.05, 3.63) is 180 Å². The molecule has 2 saturated heterocycles. The lowest BCUT2D eigenvalue weighted by Crippen LogP contribution is -2.60. The van der Waals surface area contributed by atoms with E-state index < -0.39 is 163 Å². The second-order valence-electron chi connectivity index (χ2n) is 28.6. The van der Waals surface area contributed by atoms with E-state index in [-0.39, 0.29) is 101 Å². The Hall–Kier alpha value is -12.1. The number of imidazole rings is 2. The highest BCUT2D eigenvalue weighted by molar-refractivity contribution is 8.76. The molecule has 2 bridgehead atoms. The number of fused-ring (bicyclic) bond motifs is 7. The van der Waals surface area contributed by atoms with E-state index in [2.05, 4.69) is 77.8 Å². The van der Waals surface area contributed by atoms with Crippen molar-refractivity contribution in [2.45, 2.75) is 126 Å². The van der Waals surface area contributed by atoms with Crippen molar-refractivity contribution in [2.24, 2.45) is 29.2 Å². The van der Waals surface area contributed by atoms with Gasteiger partial charge in [0.25, 0.3) is 0 Å². The molecule has 8 aromatic rings. The third-order valence-corrected chi connectivity index (χ3v) is 22.4. The molecule has 114 heavy (non-hydrogen) atoms. The van der Waals surface area contributed by atoms with Gasteiger partial charge in [0.05, 0.1) is 55.0 Å². The van der Waals surface area contributed by atoms with Crippen LogP contribution in [0.2, 0.25) is 0 Å². The topological polar surface area (TPSA) is 508 Å². The smallest absolute Gasteiger partial charge is 0.246 e. The number of ketones is 3. The molecule has 0 radical (unpaired) electrons. The number of rotatable bonds is 20. The monoisotopic (exact) mass is 1600 g/mol. The van der Waals surface area contributed by atoms with Crippen LogP contribution in [0.5, 0.6) is 0 Å². The van der Waals surface area contributed by atoms with Crippen molar-refractivity contribution >= 4 is 126 Å². The van der Waals surface area contributed by atoms with Crippen LogP contribution < -0.4 is 59.3 Å². The molecule has 0 aliphatic carbocycles. The first-order valence-corrected chi connectivity index (χ1v) is 40.1. The van der Waals surface area contributed by atoms with Crippen LogP contribution in [0.25, 0.3) is 21.8 Å². The fraction of sp³-hybridized carbons (Fsp3) is 0.392. The molecule has 0 unspecified atom stereocenters. The number of guanidine groups is 2. The maximum Gasteiger partial charge on any atom is 0.246 e. The van der Waals surface area contributed by atoms with E-state index in [0.717, 1.165) is 42.3 Å². The summed E-state index contributed by atoms with van der Waals surface area (Å²) in [6, 6.07) is 21.7. The Morgan fingerprint density at radius 1 is 0.456 bits per heavy atom. The molecule has 10 rings (SSSR count). The predicted molar refractivity (Wildman–Crippen MR) is 430 cm³/mol. The quantitative estimate of drug-likeness (QED) is 0.0224. The average molecular weight is 1600 g/mol. The molecule has 9 amide bonds. The van der Waals surface area contributed by atoms with Crippen LogP contribution >= 0.6 is 21.6 Å². The number of benzene rings is 4. The molecule has 602 valence electrons. The largest absolute Gasteiger partial charge is 0.370 e. The number of H-pyrrole nitrogens is 4. The summed E-state index contributed by atoms with van der Waals surface area (Å²) < 4.78 is 0. The number of amides is 9. The van der Waals surface area contributed by atoms with E-state index >= 15 is 47.9 Å². The van der Waals surface area contributed by atoms with E-state index in [1.165, 1.54) is 32.9 Å². The normalized spacial score (nSPS) is 22.5. The minimum Gasteiger partial charge on any atom is -0.370 e. The van der Waals surface area contributed by atoms with Crippen molar-refractivity contribution < 1.29 is 57.5 Å². The van der Waals surface area contributed by atoms with Crippen molar-refractivity contribution in [1.82, 2.24) is 87.6 Å². The number of hydrogen-bond acceptors (Lipinski definition) is 18. The number of para-hydroxylation sites is 2. The Kier molecular flexibility index (Phi) is 30.6. The molecule has 0 spiro atoms. The number of likely N-dealkylation sites (N-methyl/N-ethyl adjacent to an activating group) is 2. The second-order valence-corrected chi connectivity index (χ2v) is 31.2. The summed E-state index contributed by atoms with van der Waals surface area (Å²) in [5.41, 5.74) is 15.8. The number of hydrogen-bond donors (Lipinski definition) is 17. The van der Waals surface area contributed by atoms with Gasteiger partial charge in [0.15, 0.2) is 23.5 Å². The molecular formula is C79H97N21O12S2. The van der Waals surface area contributed by atoms with Crippen LogP contribution in [0.4, 0.5) is 0 Å². The molecule has 0 saturated carbocycles. The Balaban J connectivity index is 1.08. The van der Waals surface area contributed by atoms with Gasteiger partial charge in [0.1, 0.15) is 42.0 Å². The molecule has 4 aromatic heterocycles. The molecule has 33 nitrogen and oxygen atoms in total. The van der Waals surface area contributed by atoms with Gasteiger partial charge in [-0.15, -0.1) is 0 Å². The molecule has 2 aliphatic heterocycles. The Labute approximate surface area is 665 Å². The average Bonchev–Trinajstić information content (AvgIpc) is 1.67. The summed E-state index contributed by atoms with van der Waals surface area (Å²) in [5.74, 6) is -14.2. The van der Waals surface area contributed by atoms with Crippen LogP contribution in [-0.4, -0.2) is 216 Å². The highest BCUT2D eigenvalue weighted by Gasteiger charge is 2.39. The fourth-order valence-corrected chi connectivity index (χ4v) is 16.4. The minimum absolute atomic E-state index is 0.0556. The SMILES string of the molecule is CN1CC(=O)C[C@@H](Cc2c[nH]cn2)C(=O)N[C@H](Cc2ccccc2)C(=O)N[C@@H](CCCNC(=N)N)C(=O)N[C@@H](Cc2c[nH]c3ccccc23)C(=O)N[C@H]2CSSC[C@H](CC(=O)[C@H](Cc3c[nH]c4ccccc34)CC(=O)[C@H](CCCNC(=N)N)NC(=O)[C@@H](Cc3ccccc3)NC(=O)[C@H](Cc3c[nH]cn3)NC(=O)CN(C)C2=O)C1=O. The van der Waals surface area contributed by atoms with Gasteiger partial charge in [0.2, 0.25) is 53.2 Å². The van der Waals surface area contributed by atoms with Crippen molar-refractivity contribution in [1.29, 1.82) is 10.8 Å². The fourth-order valence-electron chi connectivity index (χ4n) is 14.0. The maximum absolute atomic E-state index is 15.8. The van der Waals surface area contributed by atoms with Gasteiger partial charge in [-0.25, -0.2) is 9.97 Å². The molecule has 2 aliphatic rings. The highest BCUT2D eigenvalue weighted by Crippen LogP contribution is 2.32. The predicted octanol–water partition coefficient (Wildman–Crippen LogP) is 1.82. The van der Waals surface area contributed by atoms with Crippen LogP contribution in [0, 0.1) is 28.6 Å². The third kappa shape index (κ3) is 24.7. The lowest BCUT2D eigenvalue weighted by atomic mass is 9.84. The van der Waals surface area contributed by atoms with E-state index in [1.807, 2.05) is 36.4 Å². The molecule has 19 N–H and O–H groups in total. The van der Waals surface area contributed by atoms with E-state index in [1.54, 1.807) is 91.4 Å². The van der Waals surface area contributed by atoms with Gasteiger partial charge in [0, 0.05) is 143 Å². The summed E-state index contributed by atoms with van der Waals surface area (Å²) in [5, 5.41) is 42.4. The zero-order valence-electron chi connectivity index (χ0n) is 63.2. The van der Waals surface area contributed by atoms with Gasteiger partial charge in [-0.1, -0.05) is 119 Å². The number of aromatic amines is 4. The van der Waals surface area contributed by atoms with E-state index in [9.17, 15) is 9.59 Å². The number of nitrogens with two attached hydrogens (primary N) is 2. The summed E-state index contributed by atoms with van der Waals surface area (Å²) >= 11 is 0. The summed E-state index contributed by atoms with van der Waals surface area (Å²) in [6.45, 7) is -1.18. The zero-order chi connectivity index (χ0) is 81.2. The van der Waals surface area contributed by atoms with Crippen LogP contribution in [0.1, 0.15) is 78.6 Å². The zero-order valence-corrected chi connectivity index (χ0v) is 64.9. The standard InChI is InChI=1S/C79H97N21O12S2/c1-99-40-55(101)31-49(30-53-38-84-44-90-53)70(105)95-62(27-46-15-5-3-6-16-46)73(108)94-61(24-14-26-87-79(82)83)71(106)97-64(32-51-37-89-59-22-12-10-20-57(51)59)74(109)98-66-43-114-113-42-52(76(99)111)34-67(102)48(29-50-36-88-58-21-11-9-19-56(50)58)33-68(103)60(23-13-25-86-78(80)81)93-72(107)63(28-47-17-7-4-8-18-47)96-75(110)65(35-54-39-85-45-91-54)92-69(104)41-100(2)77(66)112/h3-12,15-22,36-39,44-45,48-49,52,60-66,88-89H,13-14,23-35,40-43H2,1-2H3,(H,84,90)(H,85,91)(H,92,104)(H,93,107)(H,94,108)(H,95,105)(H,96,110)(H,97,106)(H,98,109)(H4,80,81,86)(H4,82,83,87)/t48-,49-,52+,60+,61+,62-,63-,64+,65+,66+/m1/s1. The summed E-state index contributed by atoms with van der Waals surface area (Å²) in [6.07, 6.45) is 6.86. The molecular weight excluding hydrogens is 1500 g/mol. The molecule has 4 aromatic carbocycles. The van der Waals surface area contributed by atoms with Gasteiger partial charge >= 0.3 is 0 Å². The van der Waals surface area contributed by atoms with Gasteiger partial charge in [-0.3, -0.25) is 68.4 Å². The van der Waals surface area contributed by atoms with E-state index in [4.69, 9.17) is 22.3 Å². The summed E-state index contributed by atoms with van der Waals surface area (Å²) in [4.78, 5) is 206. The first-order valence-electron chi connectivity index (χ1n) is 37.6. The number of aromatic nitrogens is 6. The maximum atomic E-state index is 15.8. The second kappa shape index (κ2) is 41.4. The first kappa shape index (κ1) is 84.3. The van der Waals surface area contributed by atoms with Gasteiger partial charge < -0.3 is 89.1 Å². The molecule has 6 heterocycles. The van der Waals surface area contributed by atoms with Crippen LogP contribution in [0.3, 0.4) is 0 Å². The Morgan fingerprint density at radius 2 is 0.921 bits per heavy atom. The minimum atomic E-state index is -1.57. The van der Waals surface area contributed by atoms with Crippen LogP contribution in [-0.2, 0) is 96.1 Å².